The summed E-state index contributed by atoms with van der Waals surface area (Å²) in [6.45, 7) is 5.73. The number of rotatable bonds is 8. The van der Waals surface area contributed by atoms with Gasteiger partial charge in [0.1, 0.15) is 17.1 Å². The van der Waals surface area contributed by atoms with E-state index in [0.29, 0.717) is 46.1 Å². The van der Waals surface area contributed by atoms with E-state index in [1.807, 2.05) is 13.8 Å². The molecule has 1 atom stereocenters. The van der Waals surface area contributed by atoms with Gasteiger partial charge in [0.15, 0.2) is 17.3 Å². The highest BCUT2D eigenvalue weighted by Crippen LogP contribution is 2.49. The van der Waals surface area contributed by atoms with Gasteiger partial charge in [0.05, 0.1) is 33.9 Å². The number of carbonyl (C=O) groups excluding carboxylic acids is 3. The lowest BCUT2D eigenvalue weighted by molar-refractivity contribution is -0.139. The molecule has 206 valence electrons. The van der Waals surface area contributed by atoms with Crippen molar-refractivity contribution in [3.8, 4) is 17.2 Å². The second-order valence-corrected chi connectivity index (χ2v) is 10.1. The number of hydrogen-bond donors (Lipinski definition) is 1. The maximum Gasteiger partial charge on any atom is 0.340 e. The maximum absolute atomic E-state index is 13.6. The first-order chi connectivity index (χ1) is 18.6. The number of amides is 1. The molecule has 2 aromatic carbocycles. The van der Waals surface area contributed by atoms with E-state index >= 15 is 0 Å². The number of esters is 1. The van der Waals surface area contributed by atoms with E-state index in [-0.39, 0.29) is 35.7 Å². The molecule has 0 spiro atoms. The molecule has 1 aliphatic carbocycles. The van der Waals surface area contributed by atoms with Crippen LogP contribution < -0.4 is 19.5 Å². The fraction of sp³-hybridized carbons (Fsp3) is 0.367. The molecule has 1 unspecified atom stereocenters. The maximum atomic E-state index is 13.6. The molecule has 9 nitrogen and oxygen atoms in total. The van der Waals surface area contributed by atoms with E-state index in [1.54, 1.807) is 49.4 Å². The first kappa shape index (κ1) is 27.8. The van der Waals surface area contributed by atoms with E-state index in [9.17, 15) is 14.4 Å². The third-order valence-electron chi connectivity index (χ3n) is 6.74. The molecule has 0 saturated carbocycles. The highest BCUT2D eigenvalue weighted by Gasteiger charge is 2.46. The van der Waals surface area contributed by atoms with Crippen LogP contribution in [-0.2, 0) is 19.1 Å². The predicted molar refractivity (Wildman–Crippen MR) is 143 cm³/mol. The SMILES string of the molecule is CCOC(=O)C1=C(NC(=O)c2ccc(OC)cc2)OC2=C(C(=O)CC(C)(C)C2)C1c1ccc(OC)c(OC)c1. The normalized spacial score (nSPS) is 18.1. The van der Waals surface area contributed by atoms with Crippen molar-refractivity contribution in [2.75, 3.05) is 27.9 Å². The summed E-state index contributed by atoms with van der Waals surface area (Å²) in [5.74, 6) is -0.332. The van der Waals surface area contributed by atoms with Crippen molar-refractivity contribution in [3.63, 3.8) is 0 Å². The number of ether oxygens (including phenoxy) is 5. The minimum atomic E-state index is -0.859. The van der Waals surface area contributed by atoms with Gasteiger partial charge in [-0.2, -0.15) is 0 Å². The molecular weight excluding hydrogens is 502 g/mol. The third kappa shape index (κ3) is 5.62. The molecule has 0 fully saturated rings. The minimum absolute atomic E-state index is 0.0257. The number of ketones is 1. The number of nitrogens with one attached hydrogen (secondary N) is 1. The standard InChI is InChI=1S/C30H33NO8/c1-7-38-29(34)26-24(18-10-13-21(36-5)22(14-18)37-6)25-20(32)15-30(2,3)16-23(25)39-28(26)31-27(33)17-8-11-19(35-4)12-9-17/h8-14,24H,7,15-16H2,1-6H3,(H,31,33). The zero-order chi connectivity index (χ0) is 28.3. The summed E-state index contributed by atoms with van der Waals surface area (Å²) >= 11 is 0. The van der Waals surface area contributed by atoms with Gasteiger partial charge in [-0.3, -0.25) is 14.9 Å². The molecule has 2 aromatic rings. The van der Waals surface area contributed by atoms with Crippen LogP contribution in [0, 0.1) is 5.41 Å². The largest absolute Gasteiger partial charge is 0.497 e. The van der Waals surface area contributed by atoms with Crippen LogP contribution in [0.3, 0.4) is 0 Å². The van der Waals surface area contributed by atoms with Gasteiger partial charge in [-0.1, -0.05) is 19.9 Å². The monoisotopic (exact) mass is 535 g/mol. The van der Waals surface area contributed by atoms with Crippen LogP contribution in [0.25, 0.3) is 0 Å². The Hall–Kier alpha value is -4.27. The van der Waals surface area contributed by atoms with Crippen molar-refractivity contribution in [1.82, 2.24) is 5.32 Å². The van der Waals surface area contributed by atoms with Crippen LogP contribution in [0.1, 0.15) is 55.5 Å². The number of hydrogen-bond acceptors (Lipinski definition) is 8. The number of methoxy groups -OCH3 is 3. The molecule has 0 aromatic heterocycles. The second kappa shape index (κ2) is 11.2. The van der Waals surface area contributed by atoms with Gasteiger partial charge in [0, 0.05) is 24.0 Å². The van der Waals surface area contributed by atoms with E-state index in [4.69, 9.17) is 23.7 Å². The summed E-state index contributed by atoms with van der Waals surface area (Å²) in [6.07, 6.45) is 0.721. The van der Waals surface area contributed by atoms with E-state index in [2.05, 4.69) is 5.32 Å². The second-order valence-electron chi connectivity index (χ2n) is 10.1. The van der Waals surface area contributed by atoms with Crippen molar-refractivity contribution >= 4 is 17.7 Å². The molecule has 0 saturated heterocycles. The molecule has 0 radical (unpaired) electrons. The third-order valence-corrected chi connectivity index (χ3v) is 6.74. The van der Waals surface area contributed by atoms with Gasteiger partial charge in [0.2, 0.25) is 5.88 Å². The Bertz CT molecular complexity index is 1350. The quantitative estimate of drug-likeness (QED) is 0.486. The van der Waals surface area contributed by atoms with Crippen molar-refractivity contribution < 1.29 is 38.1 Å². The summed E-state index contributed by atoms with van der Waals surface area (Å²) in [5, 5.41) is 2.76. The van der Waals surface area contributed by atoms with Gasteiger partial charge in [-0.05, 0) is 54.3 Å². The Kier molecular flexibility index (Phi) is 7.99. The van der Waals surface area contributed by atoms with Crippen LogP contribution in [0.2, 0.25) is 0 Å². The Labute approximate surface area is 227 Å². The predicted octanol–water partition coefficient (Wildman–Crippen LogP) is 4.67. The van der Waals surface area contributed by atoms with Crippen LogP contribution in [0.4, 0.5) is 0 Å². The fourth-order valence-electron chi connectivity index (χ4n) is 4.94. The van der Waals surface area contributed by atoms with E-state index < -0.39 is 17.8 Å². The molecule has 39 heavy (non-hydrogen) atoms. The van der Waals surface area contributed by atoms with Crippen molar-refractivity contribution in [1.29, 1.82) is 0 Å². The molecule has 9 heteroatoms. The fourth-order valence-corrected chi connectivity index (χ4v) is 4.94. The average Bonchev–Trinajstić information content (AvgIpc) is 2.91. The summed E-state index contributed by atoms with van der Waals surface area (Å²) in [6, 6.07) is 11.7. The Balaban J connectivity index is 1.89. The highest BCUT2D eigenvalue weighted by atomic mass is 16.5. The van der Waals surface area contributed by atoms with Crippen LogP contribution in [-0.4, -0.2) is 45.6 Å². The topological polar surface area (TPSA) is 109 Å². The molecular formula is C30H33NO8. The van der Waals surface area contributed by atoms with E-state index in [0.717, 1.165) is 0 Å². The first-order valence-corrected chi connectivity index (χ1v) is 12.6. The van der Waals surface area contributed by atoms with Crippen molar-refractivity contribution in [2.24, 2.45) is 5.41 Å². The summed E-state index contributed by atoms with van der Waals surface area (Å²) < 4.78 is 27.7. The number of carbonyl (C=O) groups is 3. The van der Waals surface area contributed by atoms with Crippen molar-refractivity contribution in [2.45, 2.75) is 39.5 Å². The minimum Gasteiger partial charge on any atom is -0.497 e. The number of benzene rings is 2. The van der Waals surface area contributed by atoms with Crippen LogP contribution in [0.15, 0.2) is 65.3 Å². The lowest BCUT2D eigenvalue weighted by Crippen LogP contribution is -2.38. The highest BCUT2D eigenvalue weighted by molar-refractivity contribution is 6.04. The first-order valence-electron chi connectivity index (χ1n) is 12.6. The summed E-state index contributed by atoms with van der Waals surface area (Å²) in [5.41, 5.74) is 0.947. The van der Waals surface area contributed by atoms with Gasteiger partial charge >= 0.3 is 5.97 Å². The zero-order valence-electron chi connectivity index (χ0n) is 23.0. The zero-order valence-corrected chi connectivity index (χ0v) is 23.0. The Morgan fingerprint density at radius 3 is 2.28 bits per heavy atom. The number of Topliss-reactive ketones (excluding diaryl/α,β-unsaturated/α-hetero) is 1. The Morgan fingerprint density at radius 2 is 1.67 bits per heavy atom. The van der Waals surface area contributed by atoms with Gasteiger partial charge in [-0.15, -0.1) is 0 Å². The van der Waals surface area contributed by atoms with Crippen molar-refractivity contribution in [3.05, 3.63) is 76.4 Å². The van der Waals surface area contributed by atoms with Gasteiger partial charge < -0.3 is 23.7 Å². The lowest BCUT2D eigenvalue weighted by Gasteiger charge is -2.38. The van der Waals surface area contributed by atoms with Gasteiger partial charge in [-0.25, -0.2) is 4.79 Å². The van der Waals surface area contributed by atoms with E-state index in [1.165, 1.54) is 21.3 Å². The molecule has 1 N–H and O–H groups in total. The molecule has 2 aliphatic rings. The number of allylic oxidation sites excluding steroid dienone is 2. The van der Waals surface area contributed by atoms with Crippen LogP contribution >= 0.6 is 0 Å². The molecule has 0 bridgehead atoms. The summed E-state index contributed by atoms with van der Waals surface area (Å²) in [7, 11) is 4.57. The van der Waals surface area contributed by atoms with Gasteiger partial charge in [0.25, 0.3) is 5.91 Å². The van der Waals surface area contributed by atoms with Crippen LogP contribution in [0.5, 0.6) is 17.2 Å². The molecule has 1 heterocycles. The summed E-state index contributed by atoms with van der Waals surface area (Å²) in [4.78, 5) is 40.3. The Morgan fingerprint density at radius 1 is 0.974 bits per heavy atom. The molecule has 4 rings (SSSR count). The smallest absolute Gasteiger partial charge is 0.340 e. The molecule has 1 aliphatic heterocycles. The lowest BCUT2D eigenvalue weighted by atomic mass is 9.70. The average molecular weight is 536 g/mol. The molecule has 1 amide bonds.